The number of aromatic nitrogens is 2. The first-order chi connectivity index (χ1) is 6.38. The number of alkyl halides is 1. The number of rotatable bonds is 2. The van der Waals surface area contributed by atoms with Crippen LogP contribution in [0.15, 0.2) is 6.20 Å². The summed E-state index contributed by atoms with van der Waals surface area (Å²) in [5.74, 6) is -0.814. The summed E-state index contributed by atoms with van der Waals surface area (Å²) < 4.78 is 21.7. The van der Waals surface area contributed by atoms with Gasteiger partial charge in [0.15, 0.2) is 0 Å². The summed E-state index contributed by atoms with van der Waals surface area (Å²) in [6.45, 7) is -2.64. The van der Waals surface area contributed by atoms with Gasteiger partial charge in [0.25, 0.3) is 0 Å². The van der Waals surface area contributed by atoms with Crippen molar-refractivity contribution in [3.8, 4) is 0 Å². The first kappa shape index (κ1) is 4.71. The molecule has 0 saturated heterocycles. The fourth-order valence-corrected chi connectivity index (χ4v) is 0.792. The van der Waals surface area contributed by atoms with E-state index in [1.54, 1.807) is 0 Å². The van der Waals surface area contributed by atoms with Gasteiger partial charge in [0.1, 0.15) is 12.1 Å². The average Bonchev–Trinajstić information content (AvgIpc) is 2.45. The highest BCUT2D eigenvalue weighted by Crippen LogP contribution is 2.12. The molecule has 1 aromatic heterocycles. The van der Waals surface area contributed by atoms with Crippen LogP contribution in [0.2, 0.25) is 0 Å². The standard InChI is InChI=1S/C5H6ClN3O2/c1-8-4(2-6)7-3-5(8)9(10)11/h3H,2H2,1H3/i1D3. The van der Waals surface area contributed by atoms with E-state index in [-0.39, 0.29) is 11.7 Å². The molecule has 1 heterocycles. The SMILES string of the molecule is [2H]C([2H])([2H])n1c([N+](=O)[O-])cnc1CCl. The Morgan fingerprint density at radius 1 is 2.09 bits per heavy atom. The summed E-state index contributed by atoms with van der Waals surface area (Å²) in [6.07, 6.45) is 0.879. The van der Waals surface area contributed by atoms with Crippen molar-refractivity contribution >= 4 is 17.4 Å². The van der Waals surface area contributed by atoms with Gasteiger partial charge in [-0.05, 0) is 4.92 Å². The molecule has 0 radical (unpaired) electrons. The second kappa shape index (κ2) is 2.87. The highest BCUT2D eigenvalue weighted by atomic mass is 35.5. The van der Waals surface area contributed by atoms with Gasteiger partial charge in [0.2, 0.25) is 5.82 Å². The van der Waals surface area contributed by atoms with Crippen molar-refractivity contribution in [2.75, 3.05) is 0 Å². The van der Waals surface area contributed by atoms with Crippen molar-refractivity contribution in [2.45, 2.75) is 5.88 Å². The lowest BCUT2D eigenvalue weighted by Gasteiger charge is -1.93. The molecule has 0 aromatic carbocycles. The monoisotopic (exact) mass is 178 g/mol. The first-order valence-electron chi connectivity index (χ1n) is 4.15. The van der Waals surface area contributed by atoms with Crippen LogP contribution < -0.4 is 0 Å². The quantitative estimate of drug-likeness (QED) is 0.387. The van der Waals surface area contributed by atoms with Gasteiger partial charge < -0.3 is 10.1 Å². The number of hydrogen-bond acceptors (Lipinski definition) is 3. The Balaban J connectivity index is 3.34. The number of nitro groups is 1. The molecule has 11 heavy (non-hydrogen) atoms. The summed E-state index contributed by atoms with van der Waals surface area (Å²) in [6, 6.07) is 0. The number of nitrogens with zero attached hydrogens (tertiary/aromatic N) is 3. The van der Waals surface area contributed by atoms with E-state index in [1.807, 2.05) is 0 Å². The zero-order valence-electron chi connectivity index (χ0n) is 8.32. The van der Waals surface area contributed by atoms with Crippen molar-refractivity contribution in [2.24, 2.45) is 6.98 Å². The summed E-state index contributed by atoms with van der Waals surface area (Å²) in [5, 5.41) is 10.4. The van der Waals surface area contributed by atoms with E-state index >= 15 is 0 Å². The summed E-state index contributed by atoms with van der Waals surface area (Å²) >= 11 is 5.40. The van der Waals surface area contributed by atoms with Crippen LogP contribution >= 0.6 is 11.6 Å². The molecule has 1 aromatic rings. The smallest absolute Gasteiger partial charge is 0.342 e. The molecule has 0 bridgehead atoms. The minimum Gasteiger partial charge on any atom is -0.358 e. The molecule has 6 heteroatoms. The second-order valence-electron chi connectivity index (χ2n) is 1.76. The van der Waals surface area contributed by atoms with Crippen LogP contribution in [0.25, 0.3) is 0 Å². The van der Waals surface area contributed by atoms with Crippen LogP contribution in [0, 0.1) is 10.1 Å². The zero-order chi connectivity index (χ0) is 10.9. The van der Waals surface area contributed by atoms with Crippen molar-refractivity contribution in [1.82, 2.24) is 9.55 Å². The third kappa shape index (κ3) is 1.32. The number of hydrogen-bond donors (Lipinski definition) is 0. The summed E-state index contributed by atoms with van der Waals surface area (Å²) in [4.78, 5) is 13.2. The van der Waals surface area contributed by atoms with Gasteiger partial charge in [-0.25, -0.2) is 9.55 Å². The average molecular weight is 179 g/mol. The van der Waals surface area contributed by atoms with Crippen molar-refractivity contribution in [1.29, 1.82) is 0 Å². The zero-order valence-corrected chi connectivity index (χ0v) is 6.08. The second-order valence-corrected chi connectivity index (χ2v) is 2.03. The molecule has 0 N–H and O–H groups in total. The molecule has 60 valence electrons. The Hall–Kier alpha value is -1.10. The number of imidazole rings is 1. The van der Waals surface area contributed by atoms with Crippen LogP contribution in [0.3, 0.4) is 0 Å². The summed E-state index contributed by atoms with van der Waals surface area (Å²) in [5.41, 5.74) is 0. The van der Waals surface area contributed by atoms with Crippen molar-refractivity contribution < 1.29 is 9.04 Å². The van der Waals surface area contributed by atoms with Gasteiger partial charge in [-0.15, -0.1) is 11.6 Å². The first-order valence-corrected chi connectivity index (χ1v) is 3.19. The minimum absolute atomic E-state index is 0.0432. The molecule has 0 fully saturated rings. The molecule has 0 aliphatic carbocycles. The van der Waals surface area contributed by atoms with Gasteiger partial charge in [0, 0.05) is 0 Å². The lowest BCUT2D eigenvalue weighted by Crippen LogP contribution is -1.99. The Kier molecular flexibility index (Phi) is 1.23. The molecule has 0 amide bonds. The number of halogens is 1. The molecule has 0 aliphatic rings. The third-order valence-corrected chi connectivity index (χ3v) is 1.36. The molecule has 0 spiro atoms. The summed E-state index contributed by atoms with van der Waals surface area (Å²) in [7, 11) is 0. The van der Waals surface area contributed by atoms with E-state index in [2.05, 4.69) is 4.98 Å². The van der Waals surface area contributed by atoms with Crippen LogP contribution in [0.5, 0.6) is 0 Å². The molecular formula is C5H6ClN3O2. The van der Waals surface area contributed by atoms with Gasteiger partial charge in [0.05, 0.1) is 11.1 Å². The Labute approximate surface area is 72.0 Å². The molecule has 0 saturated carbocycles. The topological polar surface area (TPSA) is 61.0 Å². The van der Waals surface area contributed by atoms with Gasteiger partial charge in [-0.2, -0.15) is 0 Å². The van der Waals surface area contributed by atoms with E-state index in [0.717, 1.165) is 6.20 Å². The third-order valence-electron chi connectivity index (χ3n) is 1.12. The van der Waals surface area contributed by atoms with E-state index in [9.17, 15) is 10.1 Å². The Morgan fingerprint density at radius 3 is 3.27 bits per heavy atom. The van der Waals surface area contributed by atoms with Gasteiger partial charge >= 0.3 is 5.82 Å². The maximum absolute atomic E-state index is 10.4. The van der Waals surface area contributed by atoms with E-state index < -0.39 is 17.7 Å². The van der Waals surface area contributed by atoms with Crippen LogP contribution in [-0.4, -0.2) is 14.5 Å². The molecule has 0 aliphatic heterocycles. The highest BCUT2D eigenvalue weighted by molar-refractivity contribution is 6.16. The molecular weight excluding hydrogens is 170 g/mol. The van der Waals surface area contributed by atoms with Crippen LogP contribution in [0.1, 0.15) is 9.94 Å². The fraction of sp³-hybridized carbons (Fsp3) is 0.400. The predicted octanol–water partition coefficient (Wildman–Crippen LogP) is 1.07. The lowest BCUT2D eigenvalue weighted by atomic mass is 10.7. The van der Waals surface area contributed by atoms with E-state index in [1.165, 1.54) is 0 Å². The molecule has 0 atom stereocenters. The van der Waals surface area contributed by atoms with Crippen LogP contribution in [-0.2, 0) is 12.9 Å². The predicted molar refractivity (Wildman–Crippen MR) is 39.4 cm³/mol. The van der Waals surface area contributed by atoms with Gasteiger partial charge in [-0.1, -0.05) is 0 Å². The Morgan fingerprint density at radius 2 is 2.82 bits per heavy atom. The normalized spacial score (nSPS) is 15.2. The van der Waals surface area contributed by atoms with E-state index in [0.29, 0.717) is 4.57 Å². The van der Waals surface area contributed by atoms with E-state index in [4.69, 9.17) is 15.7 Å². The van der Waals surface area contributed by atoms with Gasteiger partial charge in [-0.3, -0.25) is 0 Å². The lowest BCUT2D eigenvalue weighted by molar-refractivity contribution is -0.391. The fourth-order valence-electron chi connectivity index (χ4n) is 0.603. The Bertz CT molecular complexity index is 362. The maximum Gasteiger partial charge on any atom is 0.342 e. The maximum atomic E-state index is 10.4. The largest absolute Gasteiger partial charge is 0.358 e. The molecule has 0 unspecified atom stereocenters. The molecule has 1 rings (SSSR count). The highest BCUT2D eigenvalue weighted by Gasteiger charge is 2.14. The molecule has 5 nitrogen and oxygen atoms in total. The van der Waals surface area contributed by atoms with Crippen molar-refractivity contribution in [3.05, 3.63) is 22.1 Å². The van der Waals surface area contributed by atoms with Crippen LogP contribution in [0.4, 0.5) is 5.82 Å². The van der Waals surface area contributed by atoms with Crippen molar-refractivity contribution in [3.63, 3.8) is 0 Å². The minimum atomic E-state index is -2.64.